The minimum atomic E-state index is 0.673. The van der Waals surface area contributed by atoms with Crippen LogP contribution in [0.4, 0.5) is 5.69 Å². The van der Waals surface area contributed by atoms with Crippen LogP contribution in [0.15, 0.2) is 30.5 Å². The molecular formula is C18H21N3. The molecule has 1 fully saturated rings. The van der Waals surface area contributed by atoms with E-state index in [1.54, 1.807) is 6.20 Å². The van der Waals surface area contributed by atoms with Crippen LogP contribution in [0.5, 0.6) is 0 Å². The zero-order chi connectivity index (χ0) is 14.7. The van der Waals surface area contributed by atoms with Crippen molar-refractivity contribution >= 4 is 16.6 Å². The summed E-state index contributed by atoms with van der Waals surface area (Å²) in [5, 5.41) is 10.5. The highest BCUT2D eigenvalue weighted by Gasteiger charge is 2.19. The number of nitriles is 1. The number of pyridine rings is 1. The molecule has 0 bridgehead atoms. The second-order valence-electron chi connectivity index (χ2n) is 6.03. The highest BCUT2D eigenvalue weighted by molar-refractivity contribution is 5.94. The van der Waals surface area contributed by atoms with Crippen molar-refractivity contribution in [1.29, 1.82) is 5.26 Å². The van der Waals surface area contributed by atoms with E-state index in [9.17, 15) is 5.26 Å². The van der Waals surface area contributed by atoms with Crippen molar-refractivity contribution in [3.8, 4) is 6.07 Å². The number of fused-ring (bicyclic) bond motifs is 1. The number of hydrogen-bond acceptors (Lipinski definition) is 3. The summed E-state index contributed by atoms with van der Waals surface area (Å²) in [4.78, 5) is 6.66. The highest BCUT2D eigenvalue weighted by Crippen LogP contribution is 2.31. The quantitative estimate of drug-likeness (QED) is 0.848. The van der Waals surface area contributed by atoms with Gasteiger partial charge >= 0.3 is 0 Å². The molecule has 1 aromatic heterocycles. The molecule has 2 aromatic rings. The van der Waals surface area contributed by atoms with Crippen molar-refractivity contribution in [2.45, 2.75) is 32.1 Å². The van der Waals surface area contributed by atoms with E-state index in [0.29, 0.717) is 5.56 Å². The predicted molar refractivity (Wildman–Crippen MR) is 86.3 cm³/mol. The second kappa shape index (κ2) is 6.13. The van der Waals surface area contributed by atoms with Crippen LogP contribution in [-0.4, -0.2) is 18.6 Å². The van der Waals surface area contributed by atoms with E-state index in [1.807, 2.05) is 18.2 Å². The lowest BCUT2D eigenvalue weighted by Crippen LogP contribution is -2.27. The van der Waals surface area contributed by atoms with Gasteiger partial charge in [-0.25, -0.2) is 0 Å². The highest BCUT2D eigenvalue weighted by atomic mass is 15.1. The third kappa shape index (κ3) is 2.85. The van der Waals surface area contributed by atoms with Crippen LogP contribution in [0.25, 0.3) is 10.9 Å². The number of nitrogens with zero attached hydrogens (tertiary/aromatic N) is 3. The van der Waals surface area contributed by atoms with Crippen molar-refractivity contribution in [2.75, 3.05) is 18.5 Å². The minimum absolute atomic E-state index is 0.673. The summed E-state index contributed by atoms with van der Waals surface area (Å²) in [6.07, 6.45) is 8.41. The molecule has 3 rings (SSSR count). The van der Waals surface area contributed by atoms with Crippen LogP contribution in [0.1, 0.15) is 37.7 Å². The Labute approximate surface area is 126 Å². The van der Waals surface area contributed by atoms with Gasteiger partial charge in [0.05, 0.1) is 16.8 Å². The molecule has 3 nitrogen and oxygen atoms in total. The summed E-state index contributed by atoms with van der Waals surface area (Å²) in [5.74, 6) is 0.752. The lowest BCUT2D eigenvalue weighted by atomic mass is 9.89. The topological polar surface area (TPSA) is 39.9 Å². The Morgan fingerprint density at radius 2 is 2.00 bits per heavy atom. The molecule has 1 aliphatic rings. The fourth-order valence-corrected chi connectivity index (χ4v) is 3.47. The van der Waals surface area contributed by atoms with E-state index in [0.717, 1.165) is 29.1 Å². The zero-order valence-electron chi connectivity index (χ0n) is 12.5. The first-order valence-corrected chi connectivity index (χ1v) is 7.78. The van der Waals surface area contributed by atoms with Gasteiger partial charge in [-0.2, -0.15) is 5.26 Å². The maximum Gasteiger partial charge on any atom is 0.103 e. The standard InChI is InChI=1S/C18H21N3/c1-21(13-14-7-3-2-4-8-14)18-15(11-19)12-20-17-10-6-5-9-16(17)18/h5-6,9-10,12,14H,2-4,7-8,13H2,1H3. The molecule has 21 heavy (non-hydrogen) atoms. The number of aromatic nitrogens is 1. The molecule has 1 aromatic carbocycles. The fraction of sp³-hybridized carbons (Fsp3) is 0.444. The normalized spacial score (nSPS) is 15.8. The Morgan fingerprint density at radius 1 is 1.24 bits per heavy atom. The number of benzene rings is 1. The lowest BCUT2D eigenvalue weighted by Gasteiger charge is -2.29. The van der Waals surface area contributed by atoms with Gasteiger partial charge in [0.1, 0.15) is 6.07 Å². The minimum Gasteiger partial charge on any atom is -0.373 e. The number of anilines is 1. The summed E-state index contributed by atoms with van der Waals surface area (Å²) in [5.41, 5.74) is 2.67. The van der Waals surface area contributed by atoms with Gasteiger partial charge < -0.3 is 4.90 Å². The van der Waals surface area contributed by atoms with E-state index in [-0.39, 0.29) is 0 Å². The van der Waals surface area contributed by atoms with E-state index < -0.39 is 0 Å². The van der Waals surface area contributed by atoms with Gasteiger partial charge in [-0.05, 0) is 24.8 Å². The Hall–Kier alpha value is -2.08. The van der Waals surface area contributed by atoms with Crippen LogP contribution < -0.4 is 4.90 Å². The lowest BCUT2D eigenvalue weighted by molar-refractivity contribution is 0.362. The molecule has 3 heteroatoms. The molecule has 108 valence electrons. The van der Waals surface area contributed by atoms with Gasteiger partial charge in [-0.15, -0.1) is 0 Å². The van der Waals surface area contributed by atoms with E-state index in [1.165, 1.54) is 32.1 Å². The van der Waals surface area contributed by atoms with E-state index in [4.69, 9.17) is 0 Å². The molecule has 0 N–H and O–H groups in total. The maximum atomic E-state index is 9.42. The summed E-state index contributed by atoms with van der Waals surface area (Å²) in [6, 6.07) is 10.4. The predicted octanol–water partition coefficient (Wildman–Crippen LogP) is 4.12. The van der Waals surface area contributed by atoms with Gasteiger partial charge in [0.2, 0.25) is 0 Å². The van der Waals surface area contributed by atoms with Crippen molar-refractivity contribution in [3.05, 3.63) is 36.0 Å². The molecule has 1 saturated carbocycles. The first kappa shape index (κ1) is 13.9. The van der Waals surface area contributed by atoms with Crippen LogP contribution in [0, 0.1) is 17.2 Å². The first-order valence-electron chi connectivity index (χ1n) is 7.78. The molecule has 0 atom stereocenters. The van der Waals surface area contributed by atoms with Gasteiger partial charge in [0.25, 0.3) is 0 Å². The van der Waals surface area contributed by atoms with Crippen molar-refractivity contribution in [3.63, 3.8) is 0 Å². The molecule has 0 unspecified atom stereocenters. The van der Waals surface area contributed by atoms with Crippen molar-refractivity contribution in [1.82, 2.24) is 4.98 Å². The average Bonchev–Trinajstić information content (AvgIpc) is 2.54. The molecular weight excluding hydrogens is 258 g/mol. The molecule has 0 radical (unpaired) electrons. The molecule has 0 aliphatic heterocycles. The van der Waals surface area contributed by atoms with Crippen molar-refractivity contribution < 1.29 is 0 Å². The van der Waals surface area contributed by atoms with Gasteiger partial charge in [0.15, 0.2) is 0 Å². The van der Waals surface area contributed by atoms with Crippen molar-refractivity contribution in [2.24, 2.45) is 5.92 Å². The summed E-state index contributed by atoms with van der Waals surface area (Å²) >= 11 is 0. The maximum absolute atomic E-state index is 9.42. The van der Waals surface area contributed by atoms with Gasteiger partial charge in [-0.3, -0.25) is 4.98 Å². The van der Waals surface area contributed by atoms with E-state index >= 15 is 0 Å². The number of rotatable bonds is 3. The molecule has 1 aliphatic carbocycles. The Bertz CT molecular complexity index is 666. The third-order valence-electron chi connectivity index (χ3n) is 4.51. The van der Waals surface area contributed by atoms with Crippen LogP contribution in [0.2, 0.25) is 0 Å². The monoisotopic (exact) mass is 279 g/mol. The van der Waals surface area contributed by atoms with Crippen LogP contribution in [0.3, 0.4) is 0 Å². The van der Waals surface area contributed by atoms with Crippen LogP contribution >= 0.6 is 0 Å². The Morgan fingerprint density at radius 3 is 2.76 bits per heavy atom. The van der Waals surface area contributed by atoms with Gasteiger partial charge in [-0.1, -0.05) is 37.5 Å². The summed E-state index contributed by atoms with van der Waals surface area (Å²) in [6.45, 7) is 1.03. The van der Waals surface area contributed by atoms with E-state index in [2.05, 4.69) is 29.1 Å². The number of hydrogen-bond donors (Lipinski definition) is 0. The Kier molecular flexibility index (Phi) is 4.06. The molecule has 1 heterocycles. The average molecular weight is 279 g/mol. The smallest absolute Gasteiger partial charge is 0.103 e. The second-order valence-corrected chi connectivity index (χ2v) is 6.03. The first-order chi connectivity index (χ1) is 10.3. The number of para-hydroxylation sites is 1. The summed E-state index contributed by atoms with van der Waals surface area (Å²) < 4.78 is 0. The van der Waals surface area contributed by atoms with Gasteiger partial charge in [0, 0.05) is 25.2 Å². The zero-order valence-corrected chi connectivity index (χ0v) is 12.5. The summed E-state index contributed by atoms with van der Waals surface area (Å²) in [7, 11) is 2.11. The fourth-order valence-electron chi connectivity index (χ4n) is 3.47. The molecule has 0 spiro atoms. The Balaban J connectivity index is 1.95. The third-order valence-corrected chi connectivity index (χ3v) is 4.51. The SMILES string of the molecule is CN(CC1CCCCC1)c1c(C#N)cnc2ccccc12. The van der Waals surface area contributed by atoms with Crippen LogP contribution in [-0.2, 0) is 0 Å². The molecule has 0 saturated heterocycles. The molecule has 0 amide bonds. The largest absolute Gasteiger partial charge is 0.373 e.